The molecule has 1 saturated heterocycles. The third-order valence-electron chi connectivity index (χ3n) is 5.44. The summed E-state index contributed by atoms with van der Waals surface area (Å²) in [6, 6.07) is 19.3. The van der Waals surface area contributed by atoms with Crippen LogP contribution in [0.1, 0.15) is 42.4 Å². The van der Waals surface area contributed by atoms with Crippen molar-refractivity contribution in [1.29, 1.82) is 0 Å². The van der Waals surface area contributed by atoms with Crippen molar-refractivity contribution in [2.45, 2.75) is 45.3 Å². The third kappa shape index (κ3) is 4.25. The Bertz CT molecular complexity index is 614. The van der Waals surface area contributed by atoms with Crippen molar-refractivity contribution in [2.24, 2.45) is 5.92 Å². The van der Waals surface area contributed by atoms with Gasteiger partial charge in [-0.2, -0.15) is 0 Å². The van der Waals surface area contributed by atoms with Gasteiger partial charge in [0.05, 0.1) is 0 Å². The molecule has 2 atom stereocenters. The topological polar surface area (TPSA) is 23.5 Å². The highest BCUT2D eigenvalue weighted by Gasteiger charge is 2.27. The van der Waals surface area contributed by atoms with E-state index >= 15 is 0 Å². The Hall–Kier alpha value is -1.64. The molecule has 0 spiro atoms. The Labute approximate surface area is 146 Å². The number of nitrogens with zero attached hydrogens (tertiary/aromatic N) is 1. The molecular weight excluding hydrogens is 294 g/mol. The molecule has 0 bridgehead atoms. The van der Waals surface area contributed by atoms with Crippen LogP contribution in [0.25, 0.3) is 0 Å². The first-order valence-electron chi connectivity index (χ1n) is 9.16. The zero-order chi connectivity index (χ0) is 16.9. The van der Waals surface area contributed by atoms with Crippen molar-refractivity contribution in [3.8, 4) is 0 Å². The van der Waals surface area contributed by atoms with Crippen LogP contribution in [0.5, 0.6) is 0 Å². The van der Waals surface area contributed by atoms with Crippen molar-refractivity contribution in [3.63, 3.8) is 0 Å². The number of aliphatic hydroxyl groups excluding tert-OH is 1. The van der Waals surface area contributed by atoms with Gasteiger partial charge in [0.1, 0.15) is 6.23 Å². The average Bonchev–Trinajstić information content (AvgIpc) is 2.63. The van der Waals surface area contributed by atoms with Gasteiger partial charge in [0.25, 0.3) is 0 Å². The number of benzene rings is 2. The van der Waals surface area contributed by atoms with E-state index in [1.54, 1.807) is 0 Å². The lowest BCUT2D eigenvalue weighted by molar-refractivity contribution is -0.0313. The summed E-state index contributed by atoms with van der Waals surface area (Å²) in [6.07, 6.45) is 3.13. The van der Waals surface area contributed by atoms with Gasteiger partial charge in [-0.3, -0.25) is 4.90 Å². The normalized spacial score (nSPS) is 19.1. The van der Waals surface area contributed by atoms with Crippen LogP contribution in [-0.2, 0) is 6.42 Å². The molecule has 24 heavy (non-hydrogen) atoms. The van der Waals surface area contributed by atoms with Crippen LogP contribution in [0.2, 0.25) is 0 Å². The minimum atomic E-state index is -0.384. The predicted molar refractivity (Wildman–Crippen MR) is 100 cm³/mol. The molecule has 3 rings (SSSR count). The fourth-order valence-corrected chi connectivity index (χ4v) is 3.73. The summed E-state index contributed by atoms with van der Waals surface area (Å²) in [7, 11) is 0. The molecule has 0 saturated carbocycles. The van der Waals surface area contributed by atoms with Crippen LogP contribution in [0.4, 0.5) is 0 Å². The molecule has 1 aliphatic rings. The zero-order valence-corrected chi connectivity index (χ0v) is 14.9. The molecule has 2 nitrogen and oxygen atoms in total. The number of hydrogen-bond donors (Lipinski definition) is 1. The van der Waals surface area contributed by atoms with Gasteiger partial charge < -0.3 is 5.11 Å². The van der Waals surface area contributed by atoms with E-state index in [0.29, 0.717) is 0 Å². The van der Waals surface area contributed by atoms with E-state index < -0.39 is 0 Å². The molecule has 1 N–H and O–H groups in total. The average molecular weight is 323 g/mol. The molecule has 2 unspecified atom stereocenters. The number of likely N-dealkylation sites (tertiary alicyclic amines) is 1. The molecule has 0 aliphatic carbocycles. The number of hydrogen-bond acceptors (Lipinski definition) is 2. The van der Waals surface area contributed by atoms with E-state index in [9.17, 15) is 5.11 Å². The number of aryl methyl sites for hydroxylation is 1. The monoisotopic (exact) mass is 323 g/mol. The maximum absolute atomic E-state index is 10.8. The van der Waals surface area contributed by atoms with E-state index in [4.69, 9.17) is 0 Å². The Balaban J connectivity index is 1.53. The lowest BCUT2D eigenvalue weighted by Gasteiger charge is -2.37. The minimum absolute atomic E-state index is 0.149. The molecule has 2 heteroatoms. The largest absolute Gasteiger partial charge is 0.378 e. The first kappa shape index (κ1) is 17.2. The maximum Gasteiger partial charge on any atom is 0.114 e. The fraction of sp³-hybridized carbons (Fsp3) is 0.455. The van der Waals surface area contributed by atoms with Crippen LogP contribution in [-0.4, -0.2) is 29.3 Å². The quantitative estimate of drug-likeness (QED) is 0.883. The first-order chi connectivity index (χ1) is 11.6. The summed E-state index contributed by atoms with van der Waals surface area (Å²) in [5.41, 5.74) is 3.92. The number of aliphatic hydroxyl groups is 1. The fourth-order valence-electron chi connectivity index (χ4n) is 3.73. The second kappa shape index (κ2) is 7.96. The third-order valence-corrected chi connectivity index (χ3v) is 5.44. The Morgan fingerprint density at radius 2 is 1.62 bits per heavy atom. The molecule has 1 fully saturated rings. The SMILES string of the molecule is Cc1ccc(C(C)C(O)N2CCC(Cc3ccccc3)CC2)cc1. The van der Waals surface area contributed by atoms with Gasteiger partial charge in [-0.15, -0.1) is 0 Å². The highest BCUT2D eigenvalue weighted by Crippen LogP contribution is 2.27. The van der Waals surface area contributed by atoms with E-state index in [1.165, 1.54) is 29.5 Å². The summed E-state index contributed by atoms with van der Waals surface area (Å²) >= 11 is 0. The van der Waals surface area contributed by atoms with Crippen LogP contribution in [0, 0.1) is 12.8 Å². The maximum atomic E-state index is 10.8. The lowest BCUT2D eigenvalue weighted by Crippen LogP contribution is -2.44. The molecule has 2 aromatic carbocycles. The zero-order valence-electron chi connectivity index (χ0n) is 14.9. The van der Waals surface area contributed by atoms with Crippen LogP contribution in [0.15, 0.2) is 54.6 Å². The number of rotatable bonds is 5. The van der Waals surface area contributed by atoms with Crippen molar-refractivity contribution in [3.05, 3.63) is 71.3 Å². The molecule has 2 aromatic rings. The summed E-state index contributed by atoms with van der Waals surface area (Å²) in [5, 5.41) is 10.8. The minimum Gasteiger partial charge on any atom is -0.378 e. The van der Waals surface area contributed by atoms with Crippen LogP contribution >= 0.6 is 0 Å². The summed E-state index contributed by atoms with van der Waals surface area (Å²) in [5.74, 6) is 0.891. The second-order valence-corrected chi connectivity index (χ2v) is 7.28. The Kier molecular flexibility index (Phi) is 5.70. The Morgan fingerprint density at radius 1 is 1.00 bits per heavy atom. The van der Waals surface area contributed by atoms with E-state index in [0.717, 1.165) is 25.4 Å². The lowest BCUT2D eigenvalue weighted by atomic mass is 9.89. The molecule has 0 aromatic heterocycles. The standard InChI is InChI=1S/C22H29NO/c1-17-8-10-21(11-9-17)18(2)22(24)23-14-12-20(13-15-23)16-19-6-4-3-5-7-19/h3-11,18,20,22,24H,12-16H2,1-2H3. The molecular formula is C22H29NO. The Morgan fingerprint density at radius 3 is 2.25 bits per heavy atom. The second-order valence-electron chi connectivity index (χ2n) is 7.28. The van der Waals surface area contributed by atoms with Gasteiger partial charge in [-0.25, -0.2) is 0 Å². The van der Waals surface area contributed by atoms with Gasteiger partial charge in [0.2, 0.25) is 0 Å². The molecule has 128 valence electrons. The summed E-state index contributed by atoms with van der Waals surface area (Å²) in [6.45, 7) is 6.22. The molecule has 0 amide bonds. The summed E-state index contributed by atoms with van der Waals surface area (Å²) < 4.78 is 0. The first-order valence-corrected chi connectivity index (χ1v) is 9.16. The van der Waals surface area contributed by atoms with Gasteiger partial charge in [0.15, 0.2) is 0 Å². The van der Waals surface area contributed by atoms with E-state index in [2.05, 4.69) is 73.3 Å². The highest BCUT2D eigenvalue weighted by atomic mass is 16.3. The molecule has 1 heterocycles. The van der Waals surface area contributed by atoms with Crippen molar-refractivity contribution >= 4 is 0 Å². The molecule has 1 aliphatic heterocycles. The van der Waals surface area contributed by atoms with Crippen molar-refractivity contribution in [1.82, 2.24) is 4.90 Å². The predicted octanol–water partition coefficient (Wildman–Crippen LogP) is 4.37. The van der Waals surface area contributed by atoms with Crippen molar-refractivity contribution < 1.29 is 5.11 Å². The number of piperidine rings is 1. The van der Waals surface area contributed by atoms with Gasteiger partial charge in [-0.05, 0) is 43.2 Å². The van der Waals surface area contributed by atoms with Gasteiger partial charge >= 0.3 is 0 Å². The highest BCUT2D eigenvalue weighted by molar-refractivity contribution is 5.24. The molecule has 0 radical (unpaired) electrons. The smallest absolute Gasteiger partial charge is 0.114 e. The van der Waals surface area contributed by atoms with Gasteiger partial charge in [0, 0.05) is 19.0 Å². The van der Waals surface area contributed by atoms with Crippen molar-refractivity contribution in [2.75, 3.05) is 13.1 Å². The summed E-state index contributed by atoms with van der Waals surface area (Å²) in [4.78, 5) is 2.26. The van der Waals surface area contributed by atoms with E-state index in [1.807, 2.05) is 0 Å². The van der Waals surface area contributed by atoms with Crippen LogP contribution < -0.4 is 0 Å². The van der Waals surface area contributed by atoms with E-state index in [-0.39, 0.29) is 12.1 Å². The van der Waals surface area contributed by atoms with Gasteiger partial charge in [-0.1, -0.05) is 67.1 Å². The van der Waals surface area contributed by atoms with Crippen LogP contribution in [0.3, 0.4) is 0 Å².